The van der Waals surface area contributed by atoms with Crippen LogP contribution in [0.4, 0.5) is 0 Å². The van der Waals surface area contributed by atoms with Gasteiger partial charge in [-0.15, -0.1) is 0 Å². The molecule has 0 aromatic carbocycles. The van der Waals surface area contributed by atoms with Crippen molar-refractivity contribution in [3.8, 4) is 0 Å². The van der Waals surface area contributed by atoms with E-state index in [0.29, 0.717) is 0 Å². The van der Waals surface area contributed by atoms with Crippen molar-refractivity contribution in [2.45, 2.75) is 0 Å². The van der Waals surface area contributed by atoms with Gasteiger partial charge in [0.1, 0.15) is 0 Å². The van der Waals surface area contributed by atoms with Crippen molar-refractivity contribution in [2.24, 2.45) is 0 Å². The summed E-state index contributed by atoms with van der Waals surface area (Å²) in [6, 6.07) is 0. The first-order valence-corrected chi connectivity index (χ1v) is 0. The summed E-state index contributed by atoms with van der Waals surface area (Å²) < 4.78 is 0. The molecular weight excluding hydrogens is 420 g/mol. The van der Waals surface area contributed by atoms with Crippen LogP contribution in [0.3, 0.4) is 0 Å². The van der Waals surface area contributed by atoms with Gasteiger partial charge in [0.2, 0.25) is 0 Å². The largest absolute Gasteiger partial charge is 0 e. The molecule has 4 heteroatoms. The summed E-state index contributed by atoms with van der Waals surface area (Å²) in [6.45, 7) is 0. The van der Waals surface area contributed by atoms with Crippen molar-refractivity contribution < 1.29 is 19.5 Å². The van der Waals surface area contributed by atoms with Crippen LogP contribution in [0, 0.1) is 0 Å². The van der Waals surface area contributed by atoms with Crippen LogP contribution in [0.15, 0.2) is 0 Å². The molecule has 0 fully saturated rings. The molecule has 0 saturated carbocycles. The van der Waals surface area contributed by atoms with Crippen LogP contribution in [-0.4, -0.2) is 67.5 Å². The molecule has 0 heterocycles. The van der Waals surface area contributed by atoms with Gasteiger partial charge in [0, 0.05) is 87.0 Å². The molecule has 0 saturated heterocycles. The van der Waals surface area contributed by atoms with Crippen molar-refractivity contribution in [3.63, 3.8) is 0 Å². The summed E-state index contributed by atoms with van der Waals surface area (Å²) in [4.78, 5) is 0. The molecule has 14 valence electrons. The molecule has 0 amide bonds. The number of hydrogen-bond donors (Lipinski definition) is 0. The van der Waals surface area contributed by atoms with Crippen LogP contribution in [0.5, 0.6) is 0 Å². The van der Waals surface area contributed by atoms with E-state index < -0.39 is 0 Å². The molecule has 0 bridgehead atoms. The Morgan fingerprint density at radius 1 is 1.00 bits per heavy atom. The predicted octanol–water partition coefficient (Wildman–Crippen LogP) is -1.14. The van der Waals surface area contributed by atoms with E-state index in [2.05, 4.69) is 0 Å². The van der Waals surface area contributed by atoms with E-state index >= 15 is 0 Å². The fraction of sp³-hybridized carbons (Fsp3) is 0. The first-order chi connectivity index (χ1) is 0. The molecule has 0 N–H and O–H groups in total. The summed E-state index contributed by atoms with van der Waals surface area (Å²) in [5, 5.41) is 0. The van der Waals surface area contributed by atoms with Gasteiger partial charge in [-0.1, -0.05) is 0 Å². The van der Waals surface area contributed by atoms with Gasteiger partial charge in [-0.2, -0.15) is 0 Å². The Kier molecular flexibility index (Phi) is 123. The van der Waals surface area contributed by atoms with Gasteiger partial charge in [0.05, 0.1) is 0 Å². The van der Waals surface area contributed by atoms with Gasteiger partial charge in [0.25, 0.3) is 0 Å². The zero-order valence-corrected chi connectivity index (χ0v) is 12.7. The Hall–Kier alpha value is 2.84. The molecule has 0 nitrogen and oxygen atoms in total. The second-order valence-corrected chi connectivity index (χ2v) is 0. The zero-order valence-electron chi connectivity index (χ0n) is 2.23. The van der Waals surface area contributed by atoms with Crippen molar-refractivity contribution in [1.29, 1.82) is 0 Å². The van der Waals surface area contributed by atoms with Gasteiger partial charge < -0.3 is 0 Å². The molecule has 0 unspecified atom stereocenters. The van der Waals surface area contributed by atoms with E-state index in [0.717, 1.165) is 0 Å². The predicted molar refractivity (Wildman–Crippen MR) is 17.3 cm³/mol. The Bertz CT molecular complexity index is 8.00. The fourth-order valence-electron chi connectivity index (χ4n) is 0. The van der Waals surface area contributed by atoms with E-state index in [4.69, 9.17) is 0 Å². The Morgan fingerprint density at radius 2 is 1.00 bits per heavy atom. The van der Waals surface area contributed by atoms with Crippen LogP contribution >= 0.6 is 0 Å². The first-order valence-electron chi connectivity index (χ1n) is 0. The zero-order chi connectivity index (χ0) is 0. The second kappa shape index (κ2) is 17.0. The molecule has 0 aliphatic heterocycles. The maximum atomic E-state index is 0. The Labute approximate surface area is 85.5 Å². The maximum Gasteiger partial charge on any atom is 0 e. The van der Waals surface area contributed by atoms with Crippen LogP contribution in [0.2, 0.25) is 0 Å². The quantitative estimate of drug-likeness (QED) is 0.435. The second-order valence-electron chi connectivity index (χ2n) is 0. The van der Waals surface area contributed by atoms with E-state index in [-0.39, 0.29) is 87.0 Å². The molecular formula is AlBiSnZn. The molecule has 0 aliphatic rings. The molecule has 0 aromatic rings. The summed E-state index contributed by atoms with van der Waals surface area (Å²) >= 11 is 0. The number of hydrogen-bond acceptors (Lipinski definition) is 0. The average molecular weight is 420 g/mol. The molecule has 0 spiro atoms. The third-order valence-electron chi connectivity index (χ3n) is 0. The van der Waals surface area contributed by atoms with E-state index in [1.54, 1.807) is 0 Å². The fourth-order valence-corrected chi connectivity index (χ4v) is 0. The van der Waals surface area contributed by atoms with Gasteiger partial charge in [-0.25, -0.2) is 0 Å². The smallest absolute Gasteiger partial charge is 0 e. The maximum absolute atomic E-state index is 0. The minimum Gasteiger partial charge on any atom is 0 e. The monoisotopic (exact) mass is 420 g/mol. The Balaban J connectivity index is 0. The standard InChI is InChI=1S/Al.Bi.Sn.Zn. The molecule has 4 heavy (non-hydrogen) atoms. The van der Waals surface area contributed by atoms with Crippen molar-refractivity contribution >= 4 is 67.5 Å². The third-order valence-corrected chi connectivity index (χ3v) is 0. The third kappa shape index (κ3) is 8.85. The molecule has 10 radical (unpaired) electrons. The summed E-state index contributed by atoms with van der Waals surface area (Å²) in [5.74, 6) is 0. The minimum absolute atomic E-state index is 0. The van der Waals surface area contributed by atoms with E-state index in [1.807, 2.05) is 0 Å². The van der Waals surface area contributed by atoms with E-state index in [9.17, 15) is 0 Å². The van der Waals surface area contributed by atoms with Gasteiger partial charge >= 0.3 is 0 Å². The molecule has 0 rings (SSSR count). The first kappa shape index (κ1) is 28.9. The molecule has 0 atom stereocenters. The van der Waals surface area contributed by atoms with E-state index in [1.165, 1.54) is 0 Å². The molecule has 0 aliphatic carbocycles. The van der Waals surface area contributed by atoms with Gasteiger partial charge in [0.15, 0.2) is 0 Å². The summed E-state index contributed by atoms with van der Waals surface area (Å²) in [6.07, 6.45) is 0. The SMILES string of the molecule is [Al].[Bi].[Sn].[Zn]. The van der Waals surface area contributed by atoms with Crippen LogP contribution in [0.1, 0.15) is 0 Å². The van der Waals surface area contributed by atoms with Crippen molar-refractivity contribution in [2.75, 3.05) is 0 Å². The van der Waals surface area contributed by atoms with Crippen molar-refractivity contribution in [1.82, 2.24) is 0 Å². The minimum atomic E-state index is 0. The van der Waals surface area contributed by atoms with Crippen LogP contribution < -0.4 is 0 Å². The van der Waals surface area contributed by atoms with Gasteiger partial charge in [-0.3, -0.25) is 0 Å². The van der Waals surface area contributed by atoms with Crippen molar-refractivity contribution in [3.05, 3.63) is 0 Å². The topological polar surface area (TPSA) is 0 Å². The summed E-state index contributed by atoms with van der Waals surface area (Å²) in [5.41, 5.74) is 0. The number of rotatable bonds is 0. The van der Waals surface area contributed by atoms with Crippen LogP contribution in [-0.2, 0) is 19.5 Å². The average Bonchev–Trinajstić information content (AvgIpc) is 0. The summed E-state index contributed by atoms with van der Waals surface area (Å²) in [7, 11) is 0. The van der Waals surface area contributed by atoms with Crippen LogP contribution in [0.25, 0.3) is 0 Å². The normalized spacial score (nSPS) is 0. The Morgan fingerprint density at radius 3 is 1.00 bits per heavy atom. The van der Waals surface area contributed by atoms with Gasteiger partial charge in [-0.05, 0) is 0 Å². The molecule has 0 aromatic heterocycles.